The van der Waals surface area contributed by atoms with Gasteiger partial charge in [0.25, 0.3) is 0 Å². The van der Waals surface area contributed by atoms with Crippen molar-refractivity contribution in [3.63, 3.8) is 0 Å². The minimum Gasteiger partial charge on any atom is -0.373 e. The monoisotopic (exact) mass is 292 g/mol. The van der Waals surface area contributed by atoms with Gasteiger partial charge in [0.05, 0.1) is 0 Å². The highest BCUT2D eigenvalue weighted by atomic mass is 15.2. The molecule has 1 N–H and O–H groups in total. The van der Waals surface area contributed by atoms with Gasteiger partial charge in [-0.05, 0) is 12.8 Å². The van der Waals surface area contributed by atoms with E-state index in [0.29, 0.717) is 0 Å². The zero-order valence-corrected chi connectivity index (χ0v) is 14.8. The Balaban J connectivity index is 3.13. The third-order valence-electron chi connectivity index (χ3n) is 3.98. The zero-order chi connectivity index (χ0) is 16.0. The van der Waals surface area contributed by atoms with E-state index in [4.69, 9.17) is 4.98 Å². The van der Waals surface area contributed by atoms with E-state index in [9.17, 15) is 0 Å². The van der Waals surface area contributed by atoms with E-state index in [-0.39, 0.29) is 5.41 Å². The number of nitrogens with one attached hydrogen (secondary N) is 1. The lowest BCUT2D eigenvalue weighted by Crippen LogP contribution is -2.31. The second-order valence-electron chi connectivity index (χ2n) is 6.66. The van der Waals surface area contributed by atoms with Gasteiger partial charge in [0, 0.05) is 31.6 Å². The normalized spacial score (nSPS) is 11.8. The summed E-state index contributed by atoms with van der Waals surface area (Å²) >= 11 is 0. The molecule has 0 saturated heterocycles. The number of aromatic nitrogens is 2. The lowest BCUT2D eigenvalue weighted by Gasteiger charge is -2.28. The summed E-state index contributed by atoms with van der Waals surface area (Å²) in [5.74, 6) is 3.55. The Bertz CT molecular complexity index is 433. The van der Waals surface area contributed by atoms with Crippen molar-refractivity contribution in [2.75, 3.05) is 30.4 Å². The fraction of sp³-hybridized carbons (Fsp3) is 0.765. The number of anilines is 2. The van der Waals surface area contributed by atoms with Crippen LogP contribution in [0, 0.1) is 5.92 Å². The summed E-state index contributed by atoms with van der Waals surface area (Å²) in [5.41, 5.74) is -0.0457. The molecular formula is C17H32N4. The summed E-state index contributed by atoms with van der Waals surface area (Å²) in [4.78, 5) is 11.8. The Kier molecular flexibility index (Phi) is 6.43. The molecule has 21 heavy (non-hydrogen) atoms. The van der Waals surface area contributed by atoms with Gasteiger partial charge in [-0.1, -0.05) is 47.5 Å². The van der Waals surface area contributed by atoms with Gasteiger partial charge < -0.3 is 10.2 Å². The maximum Gasteiger partial charge on any atom is 0.138 e. The third-order valence-corrected chi connectivity index (χ3v) is 3.98. The van der Waals surface area contributed by atoms with Crippen molar-refractivity contribution in [1.29, 1.82) is 0 Å². The number of hydrogen-bond acceptors (Lipinski definition) is 4. The highest BCUT2D eigenvalue weighted by molar-refractivity contribution is 5.49. The molecule has 0 atom stereocenters. The van der Waals surface area contributed by atoms with Crippen LogP contribution < -0.4 is 10.2 Å². The zero-order valence-electron chi connectivity index (χ0n) is 14.8. The topological polar surface area (TPSA) is 41.0 Å². The molecule has 1 heterocycles. The minimum absolute atomic E-state index is 0.0457. The van der Waals surface area contributed by atoms with E-state index in [0.717, 1.165) is 36.5 Å². The van der Waals surface area contributed by atoms with E-state index >= 15 is 0 Å². The molecule has 1 aromatic rings. The molecular weight excluding hydrogens is 260 g/mol. The van der Waals surface area contributed by atoms with Crippen molar-refractivity contribution >= 4 is 11.6 Å². The van der Waals surface area contributed by atoms with Gasteiger partial charge in [0.15, 0.2) is 0 Å². The molecule has 0 aliphatic carbocycles. The van der Waals surface area contributed by atoms with Crippen molar-refractivity contribution in [3.05, 3.63) is 11.9 Å². The first-order valence-electron chi connectivity index (χ1n) is 8.17. The van der Waals surface area contributed by atoms with Gasteiger partial charge >= 0.3 is 0 Å². The van der Waals surface area contributed by atoms with Crippen molar-refractivity contribution in [2.45, 2.75) is 59.8 Å². The summed E-state index contributed by atoms with van der Waals surface area (Å²) in [6, 6.07) is 2.06. The second kappa shape index (κ2) is 7.62. The van der Waals surface area contributed by atoms with Gasteiger partial charge in [-0.25, -0.2) is 9.97 Å². The summed E-state index contributed by atoms with van der Waals surface area (Å²) in [6.07, 6.45) is 2.42. The maximum atomic E-state index is 4.82. The first-order chi connectivity index (χ1) is 9.85. The fourth-order valence-corrected chi connectivity index (χ4v) is 2.30. The van der Waals surface area contributed by atoms with Crippen LogP contribution in [-0.4, -0.2) is 30.1 Å². The molecule has 0 amide bonds. The van der Waals surface area contributed by atoms with E-state index < -0.39 is 0 Å². The molecule has 0 fully saturated rings. The van der Waals surface area contributed by atoms with Crippen LogP contribution in [0.1, 0.15) is 60.2 Å². The largest absolute Gasteiger partial charge is 0.373 e. The van der Waals surface area contributed by atoms with Gasteiger partial charge in [0.1, 0.15) is 17.5 Å². The lowest BCUT2D eigenvalue weighted by atomic mass is 9.95. The number of hydrogen-bond donors (Lipinski definition) is 1. The van der Waals surface area contributed by atoms with E-state index in [1.165, 1.54) is 12.8 Å². The smallest absolute Gasteiger partial charge is 0.138 e. The summed E-state index contributed by atoms with van der Waals surface area (Å²) in [7, 11) is 1.91. The van der Waals surface area contributed by atoms with Crippen LogP contribution in [0.2, 0.25) is 0 Å². The molecule has 120 valence electrons. The van der Waals surface area contributed by atoms with Gasteiger partial charge in [0.2, 0.25) is 0 Å². The Morgan fingerprint density at radius 3 is 2.19 bits per heavy atom. The summed E-state index contributed by atoms with van der Waals surface area (Å²) in [5, 5.41) is 3.16. The molecule has 1 aromatic heterocycles. The van der Waals surface area contributed by atoms with E-state index in [1.807, 2.05) is 7.05 Å². The van der Waals surface area contributed by atoms with Gasteiger partial charge in [-0.15, -0.1) is 0 Å². The summed E-state index contributed by atoms with van der Waals surface area (Å²) < 4.78 is 0. The number of nitrogens with zero attached hydrogens (tertiary/aromatic N) is 3. The van der Waals surface area contributed by atoms with Crippen molar-refractivity contribution < 1.29 is 0 Å². The average molecular weight is 292 g/mol. The van der Waals surface area contributed by atoms with Crippen LogP contribution in [0.3, 0.4) is 0 Å². The van der Waals surface area contributed by atoms with Crippen LogP contribution in [0.5, 0.6) is 0 Å². The van der Waals surface area contributed by atoms with Crippen LogP contribution in [0.25, 0.3) is 0 Å². The fourth-order valence-electron chi connectivity index (χ4n) is 2.30. The highest BCUT2D eigenvalue weighted by Gasteiger charge is 2.21. The van der Waals surface area contributed by atoms with E-state index in [1.54, 1.807) is 0 Å². The average Bonchev–Trinajstić information content (AvgIpc) is 2.47. The van der Waals surface area contributed by atoms with Crippen molar-refractivity contribution in [3.8, 4) is 0 Å². The van der Waals surface area contributed by atoms with Gasteiger partial charge in [-0.2, -0.15) is 0 Å². The predicted molar refractivity (Wildman–Crippen MR) is 92.2 cm³/mol. The Labute approximate surface area is 130 Å². The molecule has 0 unspecified atom stereocenters. The molecule has 0 bridgehead atoms. The second-order valence-corrected chi connectivity index (χ2v) is 6.66. The SMILES string of the molecule is CCC(CC)CN(CC)c1cc(NC)nc(C(C)(C)C)n1. The molecule has 0 spiro atoms. The third kappa shape index (κ3) is 4.87. The quantitative estimate of drug-likeness (QED) is 0.822. The lowest BCUT2D eigenvalue weighted by molar-refractivity contribution is 0.482. The standard InChI is InChI=1S/C17H32N4/c1-8-13(9-2)12-21(10-3)15-11-14(18-7)19-16(20-15)17(4,5)6/h11,13H,8-10,12H2,1-7H3,(H,18,19,20). The van der Waals surface area contributed by atoms with Crippen LogP contribution in [0.4, 0.5) is 11.6 Å². The molecule has 4 nitrogen and oxygen atoms in total. The van der Waals surface area contributed by atoms with Crippen molar-refractivity contribution in [1.82, 2.24) is 9.97 Å². The molecule has 0 radical (unpaired) electrons. The summed E-state index contributed by atoms with van der Waals surface area (Å²) in [6.45, 7) is 15.2. The highest BCUT2D eigenvalue weighted by Crippen LogP contribution is 2.25. The van der Waals surface area contributed by atoms with Crippen LogP contribution in [-0.2, 0) is 5.41 Å². The molecule has 4 heteroatoms. The first kappa shape index (κ1) is 17.7. The molecule has 0 saturated carbocycles. The van der Waals surface area contributed by atoms with E-state index in [2.05, 4.69) is 62.8 Å². The van der Waals surface area contributed by atoms with Crippen LogP contribution in [0.15, 0.2) is 6.07 Å². The molecule has 0 aliphatic heterocycles. The predicted octanol–water partition coefficient (Wildman–Crippen LogP) is 4.08. The van der Waals surface area contributed by atoms with Crippen LogP contribution >= 0.6 is 0 Å². The van der Waals surface area contributed by atoms with Crippen molar-refractivity contribution in [2.24, 2.45) is 5.92 Å². The molecule has 0 aliphatic rings. The minimum atomic E-state index is -0.0457. The Hall–Kier alpha value is -1.32. The van der Waals surface area contributed by atoms with Gasteiger partial charge in [-0.3, -0.25) is 0 Å². The first-order valence-corrected chi connectivity index (χ1v) is 8.17. The molecule has 0 aromatic carbocycles. The Morgan fingerprint density at radius 2 is 1.76 bits per heavy atom. The number of rotatable bonds is 7. The maximum absolute atomic E-state index is 4.82. The molecule has 1 rings (SSSR count). The Morgan fingerprint density at radius 1 is 1.14 bits per heavy atom.